The Balaban J connectivity index is 1.43. The van der Waals surface area contributed by atoms with Crippen LogP contribution in [0.15, 0.2) is 121 Å². The first-order valence-electron chi connectivity index (χ1n) is 12.3. The first kappa shape index (κ1) is 22.8. The molecule has 180 valence electrons. The van der Waals surface area contributed by atoms with Gasteiger partial charge in [-0.2, -0.15) is 0 Å². The summed E-state index contributed by atoms with van der Waals surface area (Å²) < 4.78 is 2.33. The molecular formula is C33H20ClN3S. The summed E-state index contributed by atoms with van der Waals surface area (Å²) in [6.07, 6.45) is 0. The van der Waals surface area contributed by atoms with Crippen molar-refractivity contribution in [2.75, 3.05) is 0 Å². The summed E-state index contributed by atoms with van der Waals surface area (Å²) in [5, 5.41) is 2.96. The van der Waals surface area contributed by atoms with Gasteiger partial charge in [0.2, 0.25) is 0 Å². The number of benzene rings is 5. The summed E-state index contributed by atoms with van der Waals surface area (Å²) >= 11 is 8.39. The zero-order valence-electron chi connectivity index (χ0n) is 20.2. The second-order valence-electron chi connectivity index (χ2n) is 9.04. The molecule has 2 aromatic heterocycles. The summed E-state index contributed by atoms with van der Waals surface area (Å²) in [5.74, 6) is 1.87. The Hall–Kier alpha value is -4.38. The molecule has 0 radical (unpaired) electrons. The fraction of sp³-hybridized carbons (Fsp3) is 0. The second-order valence-corrected chi connectivity index (χ2v) is 10.5. The summed E-state index contributed by atoms with van der Waals surface area (Å²) in [6.45, 7) is 0. The molecular weight excluding hydrogens is 506 g/mol. The molecule has 0 aliphatic carbocycles. The van der Waals surface area contributed by atoms with E-state index in [2.05, 4.69) is 60.7 Å². The number of halogens is 1. The van der Waals surface area contributed by atoms with E-state index in [4.69, 9.17) is 26.6 Å². The Kier molecular flexibility index (Phi) is 5.69. The predicted octanol–water partition coefficient (Wildman–Crippen LogP) is 9.56. The lowest BCUT2D eigenvalue weighted by Gasteiger charge is -2.10. The number of hydrogen-bond acceptors (Lipinski definition) is 4. The third kappa shape index (κ3) is 4.14. The highest BCUT2D eigenvalue weighted by molar-refractivity contribution is 7.26. The summed E-state index contributed by atoms with van der Waals surface area (Å²) in [6, 6.07) is 41.1. The maximum atomic E-state index is 6.65. The van der Waals surface area contributed by atoms with Gasteiger partial charge >= 0.3 is 0 Å². The van der Waals surface area contributed by atoms with Gasteiger partial charge in [0.15, 0.2) is 17.5 Å². The van der Waals surface area contributed by atoms with Crippen LogP contribution in [-0.4, -0.2) is 15.0 Å². The van der Waals surface area contributed by atoms with E-state index in [1.807, 2.05) is 60.7 Å². The minimum atomic E-state index is 0.611. The van der Waals surface area contributed by atoms with Crippen molar-refractivity contribution in [3.8, 4) is 45.3 Å². The molecule has 0 fully saturated rings. The molecule has 2 heterocycles. The highest BCUT2D eigenvalue weighted by atomic mass is 35.5. The number of hydrogen-bond donors (Lipinski definition) is 0. The Morgan fingerprint density at radius 3 is 1.71 bits per heavy atom. The van der Waals surface area contributed by atoms with Crippen molar-refractivity contribution in [1.29, 1.82) is 0 Å². The van der Waals surface area contributed by atoms with Crippen LogP contribution in [0, 0.1) is 0 Å². The molecule has 0 unspecified atom stereocenters. The van der Waals surface area contributed by atoms with E-state index in [9.17, 15) is 0 Å². The monoisotopic (exact) mass is 525 g/mol. The number of fused-ring (bicyclic) bond motifs is 3. The number of rotatable bonds is 4. The van der Waals surface area contributed by atoms with Crippen molar-refractivity contribution >= 4 is 43.1 Å². The minimum absolute atomic E-state index is 0.611. The molecule has 0 N–H and O–H groups in total. The van der Waals surface area contributed by atoms with E-state index in [0.717, 1.165) is 32.3 Å². The molecule has 5 aromatic carbocycles. The summed E-state index contributed by atoms with van der Waals surface area (Å²) in [4.78, 5) is 14.8. The zero-order chi connectivity index (χ0) is 25.5. The lowest BCUT2D eigenvalue weighted by molar-refractivity contribution is 1.08. The van der Waals surface area contributed by atoms with E-state index in [0.29, 0.717) is 22.5 Å². The van der Waals surface area contributed by atoms with Gasteiger partial charge in [-0.1, -0.05) is 115 Å². The molecule has 0 aliphatic heterocycles. The number of nitrogens with zero attached hydrogens (tertiary/aromatic N) is 3. The molecule has 7 aromatic rings. The van der Waals surface area contributed by atoms with E-state index in [1.54, 1.807) is 11.3 Å². The third-order valence-electron chi connectivity index (χ3n) is 6.60. The van der Waals surface area contributed by atoms with Gasteiger partial charge in [-0.3, -0.25) is 0 Å². The van der Waals surface area contributed by atoms with Crippen molar-refractivity contribution in [1.82, 2.24) is 15.0 Å². The number of aromatic nitrogens is 3. The van der Waals surface area contributed by atoms with Gasteiger partial charge in [-0.05, 0) is 29.3 Å². The van der Waals surface area contributed by atoms with Gasteiger partial charge in [0.1, 0.15) is 0 Å². The molecule has 3 nitrogen and oxygen atoms in total. The van der Waals surface area contributed by atoms with Gasteiger partial charge in [-0.15, -0.1) is 11.3 Å². The smallest absolute Gasteiger partial charge is 0.165 e. The van der Waals surface area contributed by atoms with E-state index >= 15 is 0 Å². The minimum Gasteiger partial charge on any atom is -0.208 e. The van der Waals surface area contributed by atoms with Gasteiger partial charge in [-0.25, -0.2) is 15.0 Å². The van der Waals surface area contributed by atoms with E-state index in [1.165, 1.54) is 15.6 Å². The zero-order valence-corrected chi connectivity index (χ0v) is 21.7. The van der Waals surface area contributed by atoms with Gasteiger partial charge in [0.25, 0.3) is 0 Å². The first-order chi connectivity index (χ1) is 18.7. The fourth-order valence-electron chi connectivity index (χ4n) is 4.74. The molecule has 0 amide bonds. The summed E-state index contributed by atoms with van der Waals surface area (Å²) in [7, 11) is 0. The van der Waals surface area contributed by atoms with Crippen LogP contribution in [0.5, 0.6) is 0 Å². The molecule has 5 heteroatoms. The normalized spacial score (nSPS) is 11.3. The third-order valence-corrected chi connectivity index (χ3v) is 8.04. The lowest BCUT2D eigenvalue weighted by atomic mass is 10.0. The average molecular weight is 526 g/mol. The van der Waals surface area contributed by atoms with Crippen LogP contribution in [0.25, 0.3) is 65.5 Å². The Labute approximate surface area is 229 Å². The SMILES string of the molecule is Clc1cc(-c2nc(-c3ccccc3)nc(-c3ccc(-c4ccccc4)cc3)n2)c2sc3ccccc3c2c1. The van der Waals surface area contributed by atoms with Gasteiger partial charge < -0.3 is 0 Å². The molecule has 0 bridgehead atoms. The number of thiophene rings is 1. The predicted molar refractivity (Wildman–Crippen MR) is 159 cm³/mol. The molecule has 7 rings (SSSR count). The lowest BCUT2D eigenvalue weighted by Crippen LogP contribution is -2.00. The average Bonchev–Trinajstić information content (AvgIpc) is 3.36. The van der Waals surface area contributed by atoms with Crippen LogP contribution in [0.3, 0.4) is 0 Å². The van der Waals surface area contributed by atoms with Crippen molar-refractivity contribution < 1.29 is 0 Å². The van der Waals surface area contributed by atoms with E-state index in [-0.39, 0.29) is 0 Å². The molecule has 0 saturated carbocycles. The first-order valence-corrected chi connectivity index (χ1v) is 13.5. The molecule has 0 atom stereocenters. The van der Waals surface area contributed by atoms with Gasteiger partial charge in [0.05, 0.1) is 0 Å². The highest BCUT2D eigenvalue weighted by Gasteiger charge is 2.17. The Morgan fingerprint density at radius 2 is 1.00 bits per heavy atom. The van der Waals surface area contributed by atoms with Crippen molar-refractivity contribution in [2.45, 2.75) is 0 Å². The molecule has 0 saturated heterocycles. The van der Waals surface area contributed by atoms with Gasteiger partial charge in [0, 0.05) is 41.9 Å². The fourth-order valence-corrected chi connectivity index (χ4v) is 6.15. The molecule has 38 heavy (non-hydrogen) atoms. The Morgan fingerprint density at radius 1 is 0.474 bits per heavy atom. The van der Waals surface area contributed by atoms with Crippen LogP contribution < -0.4 is 0 Å². The quantitative estimate of drug-likeness (QED) is 0.229. The van der Waals surface area contributed by atoms with Crippen LogP contribution in [0.2, 0.25) is 5.02 Å². The maximum Gasteiger partial charge on any atom is 0.165 e. The Bertz CT molecular complexity index is 1910. The summed E-state index contributed by atoms with van der Waals surface area (Å²) in [5.41, 5.74) is 5.10. The van der Waals surface area contributed by atoms with E-state index < -0.39 is 0 Å². The van der Waals surface area contributed by atoms with Crippen LogP contribution in [0.4, 0.5) is 0 Å². The molecule has 0 spiro atoms. The van der Waals surface area contributed by atoms with Crippen molar-refractivity contribution in [3.05, 3.63) is 126 Å². The van der Waals surface area contributed by atoms with Crippen LogP contribution in [-0.2, 0) is 0 Å². The second kappa shape index (κ2) is 9.49. The van der Waals surface area contributed by atoms with Crippen LogP contribution >= 0.6 is 22.9 Å². The van der Waals surface area contributed by atoms with Crippen molar-refractivity contribution in [3.63, 3.8) is 0 Å². The standard InChI is InChI=1S/C33H20ClN3S/c34-25-19-27-26-13-7-8-14-29(26)38-30(27)28(20-25)33-36-31(23-11-5-2-6-12-23)35-32(37-33)24-17-15-22(16-18-24)21-9-3-1-4-10-21/h1-20H. The largest absolute Gasteiger partial charge is 0.208 e. The maximum absolute atomic E-state index is 6.65. The highest BCUT2D eigenvalue weighted by Crippen LogP contribution is 2.41. The van der Waals surface area contributed by atoms with Crippen molar-refractivity contribution in [2.24, 2.45) is 0 Å². The van der Waals surface area contributed by atoms with Crippen LogP contribution in [0.1, 0.15) is 0 Å². The topological polar surface area (TPSA) is 38.7 Å². The molecule has 0 aliphatic rings.